The molecule has 31 heavy (non-hydrogen) atoms. The van der Waals surface area contributed by atoms with E-state index in [-0.39, 0.29) is 30.0 Å². The van der Waals surface area contributed by atoms with Crippen LogP contribution in [0.3, 0.4) is 0 Å². The largest absolute Gasteiger partial charge is 0.459 e. The van der Waals surface area contributed by atoms with Crippen molar-refractivity contribution in [3.8, 4) is 0 Å². The molecule has 8 heteroatoms. The number of anilines is 4. The maximum Gasteiger partial charge on any atom is 0.291 e. The van der Waals surface area contributed by atoms with Crippen LogP contribution < -0.4 is 21.3 Å². The van der Waals surface area contributed by atoms with Gasteiger partial charge in [-0.25, -0.2) is 0 Å². The highest BCUT2D eigenvalue weighted by Crippen LogP contribution is 2.21. The molecule has 0 fully saturated rings. The number of carbonyl (C=O) groups is 3. The van der Waals surface area contributed by atoms with Gasteiger partial charge in [-0.3, -0.25) is 14.4 Å². The molecule has 0 aliphatic heterocycles. The van der Waals surface area contributed by atoms with Gasteiger partial charge in [-0.2, -0.15) is 0 Å². The topological polar surface area (TPSA) is 112 Å². The number of amides is 3. The molecule has 0 aliphatic carbocycles. The van der Waals surface area contributed by atoms with Gasteiger partial charge in [0.2, 0.25) is 11.8 Å². The molecule has 0 bridgehead atoms. The van der Waals surface area contributed by atoms with E-state index >= 15 is 0 Å². The van der Waals surface area contributed by atoms with Crippen molar-refractivity contribution in [3.63, 3.8) is 0 Å². The third-order valence-corrected chi connectivity index (χ3v) is 4.44. The number of rotatable bonds is 8. The zero-order valence-corrected chi connectivity index (χ0v) is 17.3. The third kappa shape index (κ3) is 6.20. The summed E-state index contributed by atoms with van der Waals surface area (Å²) in [6.45, 7) is 3.72. The zero-order valence-electron chi connectivity index (χ0n) is 17.3. The fourth-order valence-corrected chi connectivity index (χ4v) is 2.77. The van der Waals surface area contributed by atoms with E-state index in [0.717, 1.165) is 5.56 Å². The van der Waals surface area contributed by atoms with Gasteiger partial charge in [0.05, 0.1) is 12.8 Å². The van der Waals surface area contributed by atoms with Gasteiger partial charge < -0.3 is 25.7 Å². The molecule has 8 nitrogen and oxygen atoms in total. The Morgan fingerprint density at radius 2 is 1.61 bits per heavy atom. The molecular formula is C23H24N4O4. The van der Waals surface area contributed by atoms with Crippen LogP contribution in [0.25, 0.3) is 0 Å². The summed E-state index contributed by atoms with van der Waals surface area (Å²) < 4.78 is 5.07. The van der Waals surface area contributed by atoms with Crippen molar-refractivity contribution >= 4 is 40.5 Å². The lowest BCUT2D eigenvalue weighted by Gasteiger charge is -2.12. The molecule has 3 amide bonds. The zero-order chi connectivity index (χ0) is 22.2. The Balaban J connectivity index is 1.56. The Kier molecular flexibility index (Phi) is 7.05. The van der Waals surface area contributed by atoms with E-state index in [1.54, 1.807) is 49.4 Å². The van der Waals surface area contributed by atoms with Crippen molar-refractivity contribution in [2.75, 3.05) is 27.8 Å². The van der Waals surface area contributed by atoms with Crippen LogP contribution in [0, 0.1) is 6.92 Å². The van der Waals surface area contributed by atoms with Crippen LogP contribution in [0.1, 0.15) is 29.5 Å². The highest BCUT2D eigenvalue weighted by atomic mass is 16.3. The van der Waals surface area contributed by atoms with E-state index in [4.69, 9.17) is 4.42 Å². The molecule has 0 atom stereocenters. The summed E-state index contributed by atoms with van der Waals surface area (Å²) in [4.78, 5) is 36.1. The van der Waals surface area contributed by atoms with E-state index in [1.807, 2.05) is 19.1 Å². The molecule has 160 valence electrons. The van der Waals surface area contributed by atoms with Crippen molar-refractivity contribution in [1.82, 2.24) is 0 Å². The van der Waals surface area contributed by atoms with E-state index in [2.05, 4.69) is 21.3 Å². The molecule has 0 aliphatic rings. The highest BCUT2D eigenvalue weighted by Gasteiger charge is 2.10. The van der Waals surface area contributed by atoms with Gasteiger partial charge in [0.1, 0.15) is 0 Å². The predicted octanol–water partition coefficient (Wildman–Crippen LogP) is 4.24. The van der Waals surface area contributed by atoms with Gasteiger partial charge in [0.25, 0.3) is 5.91 Å². The van der Waals surface area contributed by atoms with Crippen LogP contribution in [0.2, 0.25) is 0 Å². The van der Waals surface area contributed by atoms with Crippen LogP contribution >= 0.6 is 0 Å². The fraction of sp³-hybridized carbons (Fsp3) is 0.174. The van der Waals surface area contributed by atoms with Crippen molar-refractivity contribution < 1.29 is 18.8 Å². The first-order valence-electron chi connectivity index (χ1n) is 9.83. The first-order chi connectivity index (χ1) is 14.9. The monoisotopic (exact) mass is 420 g/mol. The maximum atomic E-state index is 12.3. The second-order valence-corrected chi connectivity index (χ2v) is 6.85. The lowest BCUT2D eigenvalue weighted by Crippen LogP contribution is -2.22. The molecule has 2 aromatic carbocycles. The van der Waals surface area contributed by atoms with E-state index in [1.165, 1.54) is 6.26 Å². The van der Waals surface area contributed by atoms with Gasteiger partial charge in [0, 0.05) is 29.2 Å². The summed E-state index contributed by atoms with van der Waals surface area (Å²) in [5, 5.41) is 11.4. The molecule has 0 radical (unpaired) electrons. The molecule has 3 aromatic rings. The fourth-order valence-electron chi connectivity index (χ4n) is 2.77. The van der Waals surface area contributed by atoms with Gasteiger partial charge in [0.15, 0.2) is 5.76 Å². The van der Waals surface area contributed by atoms with Gasteiger partial charge >= 0.3 is 0 Å². The summed E-state index contributed by atoms with van der Waals surface area (Å²) >= 11 is 0. The Bertz CT molecular complexity index is 1080. The van der Waals surface area contributed by atoms with Crippen molar-refractivity contribution in [2.24, 2.45) is 0 Å². The minimum absolute atomic E-state index is 0.0349. The Morgan fingerprint density at radius 1 is 0.839 bits per heavy atom. The Hall–Kier alpha value is -4.07. The number of hydrogen-bond donors (Lipinski definition) is 4. The summed E-state index contributed by atoms with van der Waals surface area (Å²) in [5.74, 6) is -0.502. The molecule has 0 saturated carbocycles. The quantitative estimate of drug-likeness (QED) is 0.435. The van der Waals surface area contributed by atoms with Crippen molar-refractivity contribution in [3.05, 3.63) is 72.2 Å². The van der Waals surface area contributed by atoms with E-state index < -0.39 is 0 Å². The average molecular weight is 420 g/mol. The lowest BCUT2D eigenvalue weighted by molar-refractivity contribution is -0.116. The molecule has 0 saturated heterocycles. The Labute approximate surface area is 180 Å². The molecule has 0 unspecified atom stereocenters. The standard InChI is InChI=1S/C23H24N4O4/c1-3-21(28)27-19-13-16(10-9-15(19)2)24-14-22(29)25-17-6-4-7-18(12-17)26-23(30)20-8-5-11-31-20/h4-13,24H,3,14H2,1-2H3,(H,25,29)(H,26,30)(H,27,28). The number of nitrogens with one attached hydrogen (secondary N) is 4. The van der Waals surface area contributed by atoms with Gasteiger partial charge in [-0.15, -0.1) is 0 Å². The highest BCUT2D eigenvalue weighted by molar-refractivity contribution is 6.03. The van der Waals surface area contributed by atoms with Crippen LogP contribution in [0.5, 0.6) is 0 Å². The number of furan rings is 1. The number of hydrogen-bond acceptors (Lipinski definition) is 5. The summed E-state index contributed by atoms with van der Waals surface area (Å²) in [5.41, 5.74) is 3.43. The Morgan fingerprint density at radius 3 is 2.32 bits per heavy atom. The lowest BCUT2D eigenvalue weighted by atomic mass is 10.1. The first kappa shape index (κ1) is 21.6. The molecule has 0 spiro atoms. The van der Waals surface area contributed by atoms with Crippen LogP contribution in [0.15, 0.2) is 65.3 Å². The third-order valence-electron chi connectivity index (χ3n) is 4.44. The first-order valence-corrected chi connectivity index (χ1v) is 9.83. The molecule has 1 heterocycles. The summed E-state index contributed by atoms with van der Waals surface area (Å²) in [7, 11) is 0. The van der Waals surface area contributed by atoms with E-state index in [0.29, 0.717) is 29.2 Å². The predicted molar refractivity (Wildman–Crippen MR) is 120 cm³/mol. The van der Waals surface area contributed by atoms with Crippen LogP contribution in [-0.4, -0.2) is 24.3 Å². The smallest absolute Gasteiger partial charge is 0.291 e. The minimum Gasteiger partial charge on any atom is -0.459 e. The SMILES string of the molecule is CCC(=O)Nc1cc(NCC(=O)Nc2cccc(NC(=O)c3ccco3)c2)ccc1C. The van der Waals surface area contributed by atoms with E-state index in [9.17, 15) is 14.4 Å². The average Bonchev–Trinajstić information content (AvgIpc) is 3.29. The molecule has 1 aromatic heterocycles. The number of benzene rings is 2. The molecular weight excluding hydrogens is 396 g/mol. The maximum absolute atomic E-state index is 12.3. The van der Waals surface area contributed by atoms with Crippen molar-refractivity contribution in [1.29, 1.82) is 0 Å². The van der Waals surface area contributed by atoms with Crippen LogP contribution in [0.4, 0.5) is 22.7 Å². The normalized spacial score (nSPS) is 10.3. The summed E-state index contributed by atoms with van der Waals surface area (Å²) in [6.07, 6.45) is 1.81. The number of aryl methyl sites for hydroxylation is 1. The number of carbonyl (C=O) groups excluding carboxylic acids is 3. The van der Waals surface area contributed by atoms with Gasteiger partial charge in [-0.05, 0) is 55.0 Å². The minimum atomic E-state index is -0.375. The van der Waals surface area contributed by atoms with Crippen LogP contribution in [-0.2, 0) is 9.59 Å². The summed E-state index contributed by atoms with van der Waals surface area (Å²) in [6, 6.07) is 15.5. The second kappa shape index (κ2) is 10.1. The molecule has 4 N–H and O–H groups in total. The molecule has 3 rings (SSSR count). The van der Waals surface area contributed by atoms with Gasteiger partial charge in [-0.1, -0.05) is 19.1 Å². The van der Waals surface area contributed by atoms with Crippen molar-refractivity contribution in [2.45, 2.75) is 20.3 Å². The second-order valence-electron chi connectivity index (χ2n) is 6.85.